The number of alkyl halides is 3. The van der Waals surface area contributed by atoms with Gasteiger partial charge in [0.15, 0.2) is 12.4 Å². The van der Waals surface area contributed by atoms with E-state index in [0.717, 1.165) is 12.1 Å². The van der Waals surface area contributed by atoms with E-state index in [0.29, 0.717) is 0 Å². The second-order valence-corrected chi connectivity index (χ2v) is 4.15. The topological polar surface area (TPSA) is 39.9 Å². The van der Waals surface area contributed by atoms with E-state index < -0.39 is 11.7 Å². The van der Waals surface area contributed by atoms with Gasteiger partial charge in [-0.2, -0.15) is 18.2 Å². The first-order chi connectivity index (χ1) is 10.5. The molecular weight excluding hydrogens is 295 g/mol. The third-order valence-corrected chi connectivity index (χ3v) is 2.63. The minimum absolute atomic E-state index is 0.0397. The van der Waals surface area contributed by atoms with Crippen LogP contribution >= 0.6 is 0 Å². The summed E-state index contributed by atoms with van der Waals surface area (Å²) < 4.78 is 44.7. The summed E-state index contributed by atoms with van der Waals surface area (Å²) in [5, 5.41) is 3.97. The van der Waals surface area contributed by atoms with Crippen molar-refractivity contribution in [1.82, 2.24) is 14.8 Å². The number of ether oxygens (including phenoxy) is 1. The third kappa shape index (κ3) is 3.39. The maximum absolute atomic E-state index is 12.8. The third-order valence-electron chi connectivity index (χ3n) is 2.63. The van der Waals surface area contributed by atoms with E-state index in [4.69, 9.17) is 17.6 Å². The molecule has 0 fully saturated rings. The lowest BCUT2D eigenvalue weighted by atomic mass is 10.1. The first-order valence-corrected chi connectivity index (χ1v) is 6.08. The van der Waals surface area contributed by atoms with Gasteiger partial charge in [-0.15, -0.1) is 17.9 Å². The van der Waals surface area contributed by atoms with Crippen molar-refractivity contribution < 1.29 is 17.9 Å². The lowest BCUT2D eigenvalue weighted by Crippen LogP contribution is -2.06. The molecule has 1 aromatic heterocycles. The lowest BCUT2D eigenvalue weighted by molar-refractivity contribution is -0.137. The molecule has 0 atom stereocenters. The highest BCUT2D eigenvalue weighted by Crippen LogP contribution is 2.32. The van der Waals surface area contributed by atoms with Gasteiger partial charge in [0.25, 0.3) is 0 Å². The smallest absolute Gasteiger partial charge is 0.416 e. The van der Waals surface area contributed by atoms with Crippen molar-refractivity contribution in [2.75, 3.05) is 6.61 Å². The molecule has 0 aliphatic rings. The molecule has 2 rings (SSSR count). The Kier molecular flexibility index (Phi) is 4.38. The van der Waals surface area contributed by atoms with Crippen LogP contribution in [0.3, 0.4) is 0 Å². The molecule has 1 aromatic carbocycles. The van der Waals surface area contributed by atoms with Gasteiger partial charge in [0.05, 0.1) is 5.56 Å². The summed E-state index contributed by atoms with van der Waals surface area (Å²) in [5.74, 6) is 4.77. The quantitative estimate of drug-likeness (QED) is 0.815. The first-order valence-electron chi connectivity index (χ1n) is 6.08. The summed E-state index contributed by atoms with van der Waals surface area (Å²) in [6.07, 6.45) is 5.84. The molecule has 0 saturated heterocycles. The minimum atomic E-state index is -4.45. The Labute approximate surface area is 124 Å². The monoisotopic (exact) mass is 305 g/mol. The highest BCUT2D eigenvalue weighted by atomic mass is 19.4. The van der Waals surface area contributed by atoms with Gasteiger partial charge in [0.1, 0.15) is 6.54 Å². The van der Waals surface area contributed by atoms with E-state index in [1.807, 2.05) is 0 Å². The highest BCUT2D eigenvalue weighted by Gasteiger charge is 2.30. The number of rotatable bonds is 4. The number of nitrogens with zero attached hydrogens (tertiary/aromatic N) is 3. The Hall–Kier alpha value is -2.93. The van der Waals surface area contributed by atoms with Crippen LogP contribution in [-0.4, -0.2) is 21.4 Å². The predicted octanol–water partition coefficient (Wildman–Crippen LogP) is 2.61. The number of hydrogen-bond donors (Lipinski definition) is 0. The molecule has 22 heavy (non-hydrogen) atoms. The largest absolute Gasteiger partial charge is 0.449 e. The van der Waals surface area contributed by atoms with Crippen LogP contribution in [0.4, 0.5) is 13.2 Å². The van der Waals surface area contributed by atoms with Crippen LogP contribution in [0, 0.1) is 24.7 Å². The number of halogens is 3. The van der Waals surface area contributed by atoms with E-state index in [1.54, 1.807) is 0 Å². The van der Waals surface area contributed by atoms with E-state index >= 15 is 0 Å². The van der Waals surface area contributed by atoms with Crippen molar-refractivity contribution in [3.05, 3.63) is 29.8 Å². The highest BCUT2D eigenvalue weighted by molar-refractivity contribution is 5.57. The van der Waals surface area contributed by atoms with Crippen LogP contribution in [0.25, 0.3) is 11.4 Å². The molecule has 0 bridgehead atoms. The summed E-state index contributed by atoms with van der Waals surface area (Å²) in [4.78, 5) is 4.03. The van der Waals surface area contributed by atoms with Crippen LogP contribution in [0.15, 0.2) is 24.3 Å². The van der Waals surface area contributed by atoms with Gasteiger partial charge in [-0.1, -0.05) is 24.0 Å². The zero-order valence-electron chi connectivity index (χ0n) is 11.3. The van der Waals surface area contributed by atoms with Crippen LogP contribution < -0.4 is 4.74 Å². The van der Waals surface area contributed by atoms with Crippen LogP contribution in [-0.2, 0) is 12.7 Å². The second-order valence-electron chi connectivity index (χ2n) is 4.15. The molecule has 0 saturated carbocycles. The Morgan fingerprint density at radius 2 is 2.00 bits per heavy atom. The van der Waals surface area contributed by atoms with Crippen LogP contribution in [0.5, 0.6) is 6.01 Å². The molecule has 4 nitrogen and oxygen atoms in total. The van der Waals surface area contributed by atoms with Crippen LogP contribution in [0.1, 0.15) is 5.56 Å². The summed E-state index contributed by atoms with van der Waals surface area (Å²) in [7, 11) is 0. The summed E-state index contributed by atoms with van der Waals surface area (Å²) in [6, 6.07) is 4.68. The molecule has 0 aliphatic heterocycles. The molecule has 0 unspecified atom stereocenters. The molecule has 0 aliphatic carbocycles. The van der Waals surface area contributed by atoms with E-state index in [2.05, 4.69) is 21.9 Å². The fourth-order valence-corrected chi connectivity index (χ4v) is 1.73. The summed E-state index contributed by atoms with van der Waals surface area (Å²) in [6.45, 7) is -0.0138. The normalized spacial score (nSPS) is 10.8. The fraction of sp³-hybridized carbons (Fsp3) is 0.200. The van der Waals surface area contributed by atoms with Crippen molar-refractivity contribution in [2.45, 2.75) is 12.7 Å². The predicted molar refractivity (Wildman–Crippen MR) is 73.6 cm³/mol. The molecule has 0 spiro atoms. The van der Waals surface area contributed by atoms with Crippen molar-refractivity contribution in [2.24, 2.45) is 0 Å². The Morgan fingerprint density at radius 1 is 1.23 bits per heavy atom. The zero-order valence-corrected chi connectivity index (χ0v) is 11.3. The molecule has 112 valence electrons. The van der Waals surface area contributed by atoms with Crippen LogP contribution in [0.2, 0.25) is 0 Å². The number of aromatic nitrogens is 3. The summed E-state index contributed by atoms with van der Waals surface area (Å²) >= 11 is 0. The SMILES string of the molecule is C#CCOc1nc(-c2cccc(C(F)(F)F)c2)n(CC#C)n1. The minimum Gasteiger partial charge on any atom is -0.449 e. The molecule has 2 aromatic rings. The standard InChI is InChI=1S/C15H10F3N3O/c1-3-8-21-13(19-14(20-21)22-9-4-2)11-6-5-7-12(10-11)15(16,17)18/h1-2,5-7,10H,8-9H2. The number of benzene rings is 1. The average molecular weight is 305 g/mol. The van der Waals surface area contributed by atoms with E-state index in [1.165, 1.54) is 16.8 Å². The van der Waals surface area contributed by atoms with Gasteiger partial charge in [-0.3, -0.25) is 0 Å². The Morgan fingerprint density at radius 3 is 2.64 bits per heavy atom. The van der Waals surface area contributed by atoms with Gasteiger partial charge in [-0.05, 0) is 12.1 Å². The number of terminal acetylenes is 2. The van der Waals surface area contributed by atoms with E-state index in [9.17, 15) is 13.2 Å². The number of hydrogen-bond acceptors (Lipinski definition) is 3. The lowest BCUT2D eigenvalue weighted by Gasteiger charge is -2.08. The molecule has 0 radical (unpaired) electrons. The molecular formula is C15H10F3N3O. The average Bonchev–Trinajstić information content (AvgIpc) is 2.88. The van der Waals surface area contributed by atoms with Gasteiger partial charge in [0, 0.05) is 5.56 Å². The van der Waals surface area contributed by atoms with Gasteiger partial charge in [0.2, 0.25) is 0 Å². The van der Waals surface area contributed by atoms with Crippen molar-refractivity contribution in [3.63, 3.8) is 0 Å². The van der Waals surface area contributed by atoms with Gasteiger partial charge >= 0.3 is 12.2 Å². The van der Waals surface area contributed by atoms with Gasteiger partial charge < -0.3 is 4.74 Å². The van der Waals surface area contributed by atoms with E-state index in [-0.39, 0.29) is 30.5 Å². The summed E-state index contributed by atoms with van der Waals surface area (Å²) in [5.41, 5.74) is -0.556. The second kappa shape index (κ2) is 6.23. The molecule has 0 N–H and O–H groups in total. The maximum Gasteiger partial charge on any atom is 0.416 e. The van der Waals surface area contributed by atoms with Crippen molar-refractivity contribution in [1.29, 1.82) is 0 Å². The fourth-order valence-electron chi connectivity index (χ4n) is 1.73. The Bertz CT molecular complexity index is 751. The molecule has 1 heterocycles. The zero-order chi connectivity index (χ0) is 16.2. The van der Waals surface area contributed by atoms with Gasteiger partial charge in [-0.25, -0.2) is 4.68 Å². The molecule has 0 amide bonds. The van der Waals surface area contributed by atoms with Crippen molar-refractivity contribution in [3.8, 4) is 42.1 Å². The van der Waals surface area contributed by atoms with Crippen molar-refractivity contribution >= 4 is 0 Å². The maximum atomic E-state index is 12.8. The first kappa shape index (κ1) is 15.5. The molecule has 7 heteroatoms. The Balaban J connectivity index is 2.45.